The van der Waals surface area contributed by atoms with Crippen LogP contribution < -0.4 is 10.2 Å². The number of amides is 2. The minimum absolute atomic E-state index is 0.0506. The number of carbonyl (C=O) groups is 2. The van der Waals surface area contributed by atoms with Gasteiger partial charge in [-0.05, 0) is 50.1 Å². The van der Waals surface area contributed by atoms with Crippen molar-refractivity contribution in [2.75, 3.05) is 11.4 Å². The maximum absolute atomic E-state index is 13.1. The van der Waals surface area contributed by atoms with Crippen LogP contribution >= 0.6 is 11.3 Å². The van der Waals surface area contributed by atoms with Crippen LogP contribution in [-0.2, 0) is 11.0 Å². The van der Waals surface area contributed by atoms with Gasteiger partial charge in [0.15, 0.2) is 0 Å². The van der Waals surface area contributed by atoms with Gasteiger partial charge in [0.1, 0.15) is 6.54 Å². The van der Waals surface area contributed by atoms with Crippen LogP contribution in [0.3, 0.4) is 0 Å². The van der Waals surface area contributed by atoms with E-state index in [0.717, 1.165) is 54.0 Å². The number of thiophene rings is 1. The van der Waals surface area contributed by atoms with E-state index in [2.05, 4.69) is 5.32 Å². The fourth-order valence-electron chi connectivity index (χ4n) is 3.48. The quantitative estimate of drug-likeness (QED) is 0.720. The van der Waals surface area contributed by atoms with Crippen molar-refractivity contribution in [2.24, 2.45) is 0 Å². The summed E-state index contributed by atoms with van der Waals surface area (Å²) in [5.74, 6) is -0.850. The van der Waals surface area contributed by atoms with Gasteiger partial charge in [-0.1, -0.05) is 25.3 Å². The first-order valence-electron chi connectivity index (χ1n) is 9.59. The molecule has 0 spiro atoms. The molecule has 0 aliphatic heterocycles. The SMILES string of the molecule is Cc1ccc(C(=O)N(CC(=O)NC2CCCCC2)c2cccc(C(F)(F)F)c2)s1. The lowest BCUT2D eigenvalue weighted by Crippen LogP contribution is -2.44. The van der Waals surface area contributed by atoms with Gasteiger partial charge in [-0.15, -0.1) is 11.3 Å². The molecular weight excluding hydrogens is 401 g/mol. The highest BCUT2D eigenvalue weighted by atomic mass is 32.1. The maximum Gasteiger partial charge on any atom is 0.416 e. The van der Waals surface area contributed by atoms with E-state index in [1.54, 1.807) is 12.1 Å². The van der Waals surface area contributed by atoms with Crippen LogP contribution in [0, 0.1) is 6.92 Å². The molecule has 2 amide bonds. The molecule has 2 aromatic rings. The Hall–Kier alpha value is -2.35. The van der Waals surface area contributed by atoms with Crippen LogP contribution in [0.4, 0.5) is 18.9 Å². The first kappa shape index (κ1) is 21.4. The van der Waals surface area contributed by atoms with Gasteiger partial charge >= 0.3 is 6.18 Å². The third kappa shape index (κ3) is 5.59. The molecule has 0 atom stereocenters. The number of hydrogen-bond donors (Lipinski definition) is 1. The number of aryl methyl sites for hydroxylation is 1. The van der Waals surface area contributed by atoms with Crippen LogP contribution in [0.25, 0.3) is 0 Å². The van der Waals surface area contributed by atoms with E-state index in [0.29, 0.717) is 4.88 Å². The summed E-state index contributed by atoms with van der Waals surface area (Å²) < 4.78 is 39.4. The molecule has 156 valence electrons. The highest BCUT2D eigenvalue weighted by Gasteiger charge is 2.32. The third-order valence-electron chi connectivity index (χ3n) is 4.95. The molecular formula is C21H23F3N2O2S. The minimum atomic E-state index is -4.53. The van der Waals surface area contributed by atoms with Gasteiger partial charge in [-0.25, -0.2) is 0 Å². The first-order chi connectivity index (χ1) is 13.7. The largest absolute Gasteiger partial charge is 0.416 e. The molecule has 0 radical (unpaired) electrons. The fraction of sp³-hybridized carbons (Fsp3) is 0.429. The van der Waals surface area contributed by atoms with E-state index >= 15 is 0 Å². The molecule has 0 unspecified atom stereocenters. The summed E-state index contributed by atoms with van der Waals surface area (Å²) in [6, 6.07) is 7.97. The molecule has 1 aliphatic rings. The molecule has 1 N–H and O–H groups in total. The van der Waals surface area contributed by atoms with Gasteiger partial charge in [0.25, 0.3) is 5.91 Å². The van der Waals surface area contributed by atoms with E-state index in [1.807, 2.05) is 6.92 Å². The second-order valence-electron chi connectivity index (χ2n) is 7.25. The molecule has 3 rings (SSSR count). The van der Waals surface area contributed by atoms with Crippen LogP contribution in [0.2, 0.25) is 0 Å². The highest BCUT2D eigenvalue weighted by Crippen LogP contribution is 2.32. The summed E-state index contributed by atoms with van der Waals surface area (Å²) in [7, 11) is 0. The lowest BCUT2D eigenvalue weighted by atomic mass is 9.95. The molecule has 1 aromatic heterocycles. The molecule has 0 bridgehead atoms. The Kier molecular flexibility index (Phi) is 6.62. The summed E-state index contributed by atoms with van der Waals surface area (Å²) in [5, 5.41) is 2.92. The van der Waals surface area contributed by atoms with Crippen molar-refractivity contribution >= 4 is 28.8 Å². The van der Waals surface area contributed by atoms with Crippen molar-refractivity contribution in [3.63, 3.8) is 0 Å². The molecule has 1 saturated carbocycles. The molecule has 0 saturated heterocycles. The average molecular weight is 424 g/mol. The Bertz CT molecular complexity index is 873. The zero-order valence-electron chi connectivity index (χ0n) is 16.1. The summed E-state index contributed by atoms with van der Waals surface area (Å²) in [5.41, 5.74) is -0.808. The van der Waals surface area contributed by atoms with Crippen molar-refractivity contribution in [3.8, 4) is 0 Å². The number of alkyl halides is 3. The van der Waals surface area contributed by atoms with E-state index in [-0.39, 0.29) is 24.2 Å². The number of nitrogens with one attached hydrogen (secondary N) is 1. The number of rotatable bonds is 5. The Balaban J connectivity index is 1.85. The van der Waals surface area contributed by atoms with Crippen molar-refractivity contribution < 1.29 is 22.8 Å². The second kappa shape index (κ2) is 8.98. The molecule has 1 aromatic carbocycles. The van der Waals surface area contributed by atoms with E-state index in [4.69, 9.17) is 0 Å². The van der Waals surface area contributed by atoms with E-state index in [9.17, 15) is 22.8 Å². The predicted molar refractivity (Wildman–Crippen MR) is 107 cm³/mol. The lowest BCUT2D eigenvalue weighted by molar-refractivity contribution is -0.137. The minimum Gasteiger partial charge on any atom is -0.352 e. The van der Waals surface area contributed by atoms with Gasteiger partial charge in [-0.3, -0.25) is 14.5 Å². The van der Waals surface area contributed by atoms with Crippen LogP contribution in [-0.4, -0.2) is 24.4 Å². The topological polar surface area (TPSA) is 49.4 Å². The number of hydrogen-bond acceptors (Lipinski definition) is 3. The standard InChI is InChI=1S/C21H23F3N2O2S/c1-14-10-11-18(29-14)20(28)26(13-19(27)25-16-7-3-2-4-8-16)17-9-5-6-15(12-17)21(22,23)24/h5-6,9-12,16H,2-4,7-8,13H2,1H3,(H,25,27). The zero-order valence-corrected chi connectivity index (χ0v) is 16.9. The van der Waals surface area contributed by atoms with Crippen molar-refractivity contribution in [3.05, 3.63) is 51.7 Å². The highest BCUT2D eigenvalue weighted by molar-refractivity contribution is 7.14. The van der Waals surface area contributed by atoms with Gasteiger partial charge < -0.3 is 5.32 Å². The van der Waals surface area contributed by atoms with Crippen LogP contribution in [0.1, 0.15) is 52.2 Å². The van der Waals surface area contributed by atoms with Crippen molar-refractivity contribution in [2.45, 2.75) is 51.2 Å². The van der Waals surface area contributed by atoms with Crippen LogP contribution in [0.5, 0.6) is 0 Å². The maximum atomic E-state index is 13.1. The Morgan fingerprint density at radius 3 is 2.48 bits per heavy atom. The van der Waals surface area contributed by atoms with E-state index in [1.165, 1.54) is 23.5 Å². The molecule has 4 nitrogen and oxygen atoms in total. The smallest absolute Gasteiger partial charge is 0.352 e. The Labute approximate surface area is 171 Å². The van der Waals surface area contributed by atoms with E-state index < -0.39 is 17.6 Å². The van der Waals surface area contributed by atoms with Gasteiger partial charge in [0.05, 0.1) is 10.4 Å². The molecule has 1 fully saturated rings. The predicted octanol–water partition coefficient (Wildman–Crippen LogP) is 5.17. The summed E-state index contributed by atoms with van der Waals surface area (Å²) in [6.07, 6.45) is 0.444. The number of anilines is 1. The number of halogens is 3. The van der Waals surface area contributed by atoms with Gasteiger partial charge in [0, 0.05) is 16.6 Å². The lowest BCUT2D eigenvalue weighted by Gasteiger charge is -2.26. The summed E-state index contributed by atoms with van der Waals surface area (Å²) in [4.78, 5) is 28.0. The number of benzene rings is 1. The summed E-state index contributed by atoms with van der Waals surface area (Å²) in [6.45, 7) is 1.51. The number of nitrogens with zero attached hydrogens (tertiary/aromatic N) is 1. The normalized spacial score (nSPS) is 15.2. The second-order valence-corrected chi connectivity index (χ2v) is 8.54. The monoisotopic (exact) mass is 424 g/mol. The molecule has 1 aliphatic carbocycles. The van der Waals surface area contributed by atoms with Gasteiger partial charge in [0.2, 0.25) is 5.91 Å². The summed E-state index contributed by atoms with van der Waals surface area (Å²) >= 11 is 1.25. The van der Waals surface area contributed by atoms with Crippen molar-refractivity contribution in [1.29, 1.82) is 0 Å². The zero-order chi connectivity index (χ0) is 21.0. The molecule has 8 heteroatoms. The van der Waals surface area contributed by atoms with Crippen LogP contribution in [0.15, 0.2) is 36.4 Å². The Morgan fingerprint density at radius 2 is 1.86 bits per heavy atom. The number of carbonyl (C=O) groups excluding carboxylic acids is 2. The third-order valence-corrected chi connectivity index (χ3v) is 5.94. The van der Waals surface area contributed by atoms with Crippen molar-refractivity contribution in [1.82, 2.24) is 5.32 Å². The molecule has 1 heterocycles. The molecule has 29 heavy (non-hydrogen) atoms. The first-order valence-corrected chi connectivity index (χ1v) is 10.4. The Morgan fingerprint density at radius 1 is 1.14 bits per heavy atom. The fourth-order valence-corrected chi connectivity index (χ4v) is 4.29. The average Bonchev–Trinajstić information content (AvgIpc) is 3.12. The van der Waals surface area contributed by atoms with Gasteiger partial charge in [-0.2, -0.15) is 13.2 Å².